The van der Waals surface area contributed by atoms with Crippen LogP contribution < -0.4 is 16.0 Å². The van der Waals surface area contributed by atoms with E-state index < -0.39 is 81.2 Å². The average Bonchev–Trinajstić information content (AvgIpc) is 2.94. The minimum atomic E-state index is -2.76. The number of nitrogens with two attached hydrogens (primary N) is 1. The molecule has 1 unspecified atom stereocenters. The number of primary amides is 1. The van der Waals surface area contributed by atoms with Gasteiger partial charge < -0.3 is 36.4 Å². The molecule has 0 bridgehead atoms. The molecule has 240 valence electrons. The van der Waals surface area contributed by atoms with E-state index in [-0.39, 0.29) is 48.2 Å². The number of carbonyl (C=O) groups is 3. The quantitative estimate of drug-likeness (QED) is 0.196. The highest BCUT2D eigenvalue weighted by molar-refractivity contribution is 6.25. The van der Waals surface area contributed by atoms with E-state index in [2.05, 4.69) is 5.32 Å². The molecule has 7 N–H and O–H groups in total. The number of fused-ring (bicyclic) bond motifs is 3. The van der Waals surface area contributed by atoms with Gasteiger partial charge in [0.05, 0.1) is 11.6 Å². The minimum absolute atomic E-state index is 0.0481. The number of anilines is 1. The first-order chi connectivity index (χ1) is 21.0. The molecule has 0 fully saturated rings. The second kappa shape index (κ2) is 11.2. The Labute approximate surface area is 256 Å². The molecular formula is C31H33F3N4O7. The number of aliphatic hydroxyl groups is 3. The summed E-state index contributed by atoms with van der Waals surface area (Å²) in [5.74, 6) is -11.8. The molecular weight excluding hydrogens is 597 g/mol. The number of amides is 1. The standard InChI is InChI=1S/C31H33F3N4O7/c1-37(2)19-9-14(11-36-10-12-5-17(32)23(34)18(33)6-12)25(39)21-15(19)7-13-8-16-24(38(3)4)27(41)22(30(35)44)29(43)31(16,45)28(42)20(13)26(21)40/h5-6,9,13,16,24,36,39,41-42,45H,7-8,10-11H2,1-4H3,(H2,35,44)/t13-,16-,24?,31-/m1/s1. The lowest BCUT2D eigenvalue weighted by atomic mass is 9.58. The van der Waals surface area contributed by atoms with Gasteiger partial charge >= 0.3 is 0 Å². The molecule has 4 atom stereocenters. The average molecular weight is 631 g/mol. The predicted molar refractivity (Wildman–Crippen MR) is 155 cm³/mol. The number of hydrogen-bond acceptors (Lipinski definition) is 10. The first-order valence-corrected chi connectivity index (χ1v) is 14.1. The van der Waals surface area contributed by atoms with Crippen LogP contribution in [0.1, 0.15) is 33.5 Å². The number of halogens is 3. The number of rotatable bonds is 7. The maximum absolute atomic E-state index is 14.1. The molecule has 0 spiro atoms. The molecule has 0 heterocycles. The second-order valence-electron chi connectivity index (χ2n) is 12.1. The lowest BCUT2D eigenvalue weighted by Gasteiger charge is -2.50. The van der Waals surface area contributed by atoms with E-state index in [1.165, 1.54) is 4.90 Å². The monoisotopic (exact) mass is 630 g/mol. The van der Waals surface area contributed by atoms with Crippen molar-refractivity contribution in [2.75, 3.05) is 33.1 Å². The summed E-state index contributed by atoms with van der Waals surface area (Å²) in [7, 11) is 6.54. The highest BCUT2D eigenvalue weighted by Gasteiger charge is 2.63. The Balaban J connectivity index is 1.58. The van der Waals surface area contributed by atoms with Crippen LogP contribution in [0.15, 0.2) is 40.9 Å². The number of benzene rings is 2. The van der Waals surface area contributed by atoms with Gasteiger partial charge in [0.1, 0.15) is 22.8 Å². The number of phenols is 1. The highest BCUT2D eigenvalue weighted by Crippen LogP contribution is 2.53. The fourth-order valence-corrected chi connectivity index (χ4v) is 6.94. The van der Waals surface area contributed by atoms with E-state index in [1.807, 2.05) is 0 Å². The number of hydrogen-bond donors (Lipinski definition) is 6. The van der Waals surface area contributed by atoms with Crippen LogP contribution in [0.2, 0.25) is 0 Å². The third-order valence-corrected chi connectivity index (χ3v) is 8.95. The van der Waals surface area contributed by atoms with E-state index in [9.17, 15) is 48.0 Å². The Morgan fingerprint density at radius 1 is 1.04 bits per heavy atom. The first kappa shape index (κ1) is 32.0. The number of ketones is 2. The number of carbonyl (C=O) groups excluding carboxylic acids is 3. The van der Waals surface area contributed by atoms with Crippen molar-refractivity contribution < 1.29 is 48.0 Å². The van der Waals surface area contributed by atoms with Crippen molar-refractivity contribution in [2.24, 2.45) is 17.6 Å². The van der Waals surface area contributed by atoms with Crippen molar-refractivity contribution in [3.8, 4) is 5.75 Å². The second-order valence-corrected chi connectivity index (χ2v) is 12.1. The number of nitrogens with zero attached hydrogens (tertiary/aromatic N) is 2. The Morgan fingerprint density at radius 3 is 2.22 bits per heavy atom. The molecule has 5 rings (SSSR count). The van der Waals surface area contributed by atoms with Crippen LogP contribution in [-0.4, -0.2) is 82.6 Å². The van der Waals surface area contributed by atoms with Gasteiger partial charge in [0.2, 0.25) is 5.78 Å². The zero-order valence-corrected chi connectivity index (χ0v) is 24.9. The topological polar surface area (TPSA) is 177 Å². The largest absolute Gasteiger partial charge is 0.510 e. The molecule has 0 aromatic heterocycles. The molecule has 1 amide bonds. The molecule has 0 radical (unpaired) electrons. The first-order valence-electron chi connectivity index (χ1n) is 14.1. The zero-order chi connectivity index (χ0) is 33.3. The number of allylic oxidation sites excluding steroid dienone is 1. The highest BCUT2D eigenvalue weighted by atomic mass is 19.2. The van der Waals surface area contributed by atoms with Crippen LogP contribution in [0.5, 0.6) is 5.75 Å². The Morgan fingerprint density at radius 2 is 1.67 bits per heavy atom. The number of aliphatic hydroxyl groups excluding tert-OH is 2. The maximum atomic E-state index is 14.1. The van der Waals surface area contributed by atoms with Crippen LogP contribution in [0, 0.1) is 29.3 Å². The smallest absolute Gasteiger partial charge is 0.255 e. The minimum Gasteiger partial charge on any atom is -0.510 e. The Bertz CT molecular complexity index is 1700. The van der Waals surface area contributed by atoms with E-state index >= 15 is 0 Å². The summed E-state index contributed by atoms with van der Waals surface area (Å²) in [4.78, 5) is 43.0. The third-order valence-electron chi connectivity index (χ3n) is 8.95. The van der Waals surface area contributed by atoms with Crippen molar-refractivity contribution in [2.45, 2.75) is 37.6 Å². The van der Waals surface area contributed by atoms with E-state index in [4.69, 9.17) is 5.73 Å². The van der Waals surface area contributed by atoms with E-state index in [0.29, 0.717) is 11.3 Å². The Hall–Kier alpha value is -4.40. The molecule has 3 aliphatic carbocycles. The molecule has 0 aliphatic heterocycles. The summed E-state index contributed by atoms with van der Waals surface area (Å²) in [5, 5.41) is 48.4. The van der Waals surface area contributed by atoms with Crippen LogP contribution in [0.3, 0.4) is 0 Å². The van der Waals surface area contributed by atoms with Gasteiger partial charge in [0, 0.05) is 49.9 Å². The van der Waals surface area contributed by atoms with Gasteiger partial charge in [-0.3, -0.25) is 19.3 Å². The van der Waals surface area contributed by atoms with Crippen LogP contribution in [0.25, 0.3) is 0 Å². The molecule has 11 nitrogen and oxygen atoms in total. The van der Waals surface area contributed by atoms with Crippen molar-refractivity contribution in [3.63, 3.8) is 0 Å². The van der Waals surface area contributed by atoms with Crippen LogP contribution >= 0.6 is 0 Å². The van der Waals surface area contributed by atoms with Crippen molar-refractivity contribution in [1.82, 2.24) is 10.2 Å². The van der Waals surface area contributed by atoms with Crippen LogP contribution in [-0.2, 0) is 29.1 Å². The lowest BCUT2D eigenvalue weighted by Crippen LogP contribution is -2.63. The fraction of sp³-hybridized carbons (Fsp3) is 0.387. The number of aromatic hydroxyl groups is 1. The third kappa shape index (κ3) is 4.84. The van der Waals surface area contributed by atoms with Gasteiger partial charge in [-0.05, 0) is 62.2 Å². The van der Waals surface area contributed by atoms with Crippen molar-refractivity contribution in [1.29, 1.82) is 0 Å². The zero-order valence-electron chi connectivity index (χ0n) is 24.9. The molecule has 2 aromatic carbocycles. The van der Waals surface area contributed by atoms with Crippen LogP contribution in [0.4, 0.5) is 18.9 Å². The molecule has 2 aromatic rings. The predicted octanol–water partition coefficient (Wildman–Crippen LogP) is 1.89. The van der Waals surface area contributed by atoms with Crippen molar-refractivity contribution in [3.05, 3.63) is 80.6 Å². The number of likely N-dealkylation sites (N-methyl/N-ethyl adjacent to an activating group) is 1. The van der Waals surface area contributed by atoms with Crippen molar-refractivity contribution >= 4 is 23.2 Å². The van der Waals surface area contributed by atoms with Gasteiger partial charge in [-0.2, -0.15) is 0 Å². The molecule has 45 heavy (non-hydrogen) atoms. The summed E-state index contributed by atoms with van der Waals surface area (Å²) in [5.41, 5.74) is 2.56. The number of Topliss-reactive ketones (excluding diaryl/α,β-unsaturated/α-hetero) is 2. The molecule has 3 aliphatic rings. The van der Waals surface area contributed by atoms with E-state index in [1.54, 1.807) is 39.2 Å². The molecule has 0 saturated heterocycles. The fourth-order valence-electron chi connectivity index (χ4n) is 6.94. The summed E-state index contributed by atoms with van der Waals surface area (Å²) in [6, 6.07) is 2.19. The molecule has 14 heteroatoms. The lowest BCUT2D eigenvalue weighted by molar-refractivity contribution is -0.148. The van der Waals surface area contributed by atoms with Gasteiger partial charge in [-0.25, -0.2) is 13.2 Å². The van der Waals surface area contributed by atoms with Gasteiger partial charge in [0.15, 0.2) is 28.8 Å². The normalized spacial score (nSPS) is 24.5. The van der Waals surface area contributed by atoms with E-state index in [0.717, 1.165) is 12.1 Å². The summed E-state index contributed by atoms with van der Waals surface area (Å²) in [6.07, 6.45) is 0.0605. The molecule has 0 saturated carbocycles. The van der Waals surface area contributed by atoms with Gasteiger partial charge in [-0.15, -0.1) is 0 Å². The summed E-state index contributed by atoms with van der Waals surface area (Å²) >= 11 is 0. The maximum Gasteiger partial charge on any atom is 0.255 e. The number of phenolic OH excluding ortho intramolecular Hbond substituents is 1. The number of nitrogens with one attached hydrogen (secondary N) is 1. The van der Waals surface area contributed by atoms with Gasteiger partial charge in [0.25, 0.3) is 5.91 Å². The summed E-state index contributed by atoms with van der Waals surface area (Å²) in [6.45, 7) is -0.209. The van der Waals surface area contributed by atoms with Gasteiger partial charge in [-0.1, -0.05) is 0 Å². The SMILES string of the molecule is CN(C)c1cc(CNCc2cc(F)c(F)c(F)c2)c(O)c2c1C[C@@H]1C[C@@H]3C(N(C)C)C(O)=C(C(N)=O)C(=O)[C@]3(O)C(O)=C1C2=O. The summed E-state index contributed by atoms with van der Waals surface area (Å²) < 4.78 is 40.7. The Kier molecular flexibility index (Phi) is 7.96.